The highest BCUT2D eigenvalue weighted by Crippen LogP contribution is 2.43. The van der Waals surface area contributed by atoms with Crippen LogP contribution in [0.15, 0.2) is 57.7 Å². The van der Waals surface area contributed by atoms with Crippen LogP contribution in [-0.4, -0.2) is 48.9 Å². The number of Topliss-reactive ketones (excluding diaryl/α,β-unsaturated/α-hetero) is 1. The van der Waals surface area contributed by atoms with Gasteiger partial charge in [-0.3, -0.25) is 9.59 Å². The van der Waals surface area contributed by atoms with E-state index < -0.39 is 34.8 Å². The highest BCUT2D eigenvalue weighted by molar-refractivity contribution is 6.12. The summed E-state index contributed by atoms with van der Waals surface area (Å²) in [5.74, 6) is -3.30. The summed E-state index contributed by atoms with van der Waals surface area (Å²) < 4.78 is 26.9. The van der Waals surface area contributed by atoms with Gasteiger partial charge in [-0.2, -0.15) is 0 Å². The molecule has 10 nitrogen and oxygen atoms in total. The Morgan fingerprint density at radius 1 is 0.972 bits per heavy atom. The van der Waals surface area contributed by atoms with Crippen LogP contribution in [0.2, 0.25) is 0 Å². The molecule has 3 aromatic carbocycles. The van der Waals surface area contributed by atoms with Crippen LogP contribution < -0.4 is 19.6 Å². The number of para-hydroxylation sites is 1. The summed E-state index contributed by atoms with van der Waals surface area (Å²) in [6.07, 6.45) is -1.91. The average Bonchev–Trinajstić information content (AvgIpc) is 2.88. The Morgan fingerprint density at radius 2 is 1.69 bits per heavy atom. The maximum absolute atomic E-state index is 13.4. The summed E-state index contributed by atoms with van der Waals surface area (Å²) in [7, 11) is 2.57. The van der Waals surface area contributed by atoms with Gasteiger partial charge in [0.25, 0.3) is 6.10 Å². The molecule has 0 radical (unpaired) electrons. The number of benzene rings is 3. The third-order valence-electron chi connectivity index (χ3n) is 5.42. The molecule has 0 spiro atoms. The summed E-state index contributed by atoms with van der Waals surface area (Å²) in [4.78, 5) is 39.3. The molecule has 186 valence electrons. The number of carbonyl (C=O) groups excluding carboxylic acids is 2. The van der Waals surface area contributed by atoms with E-state index in [9.17, 15) is 24.6 Å². The Balaban J connectivity index is 1.92. The van der Waals surface area contributed by atoms with E-state index in [2.05, 4.69) is 0 Å². The van der Waals surface area contributed by atoms with Gasteiger partial charge in [-0.1, -0.05) is 12.1 Å². The van der Waals surface area contributed by atoms with Gasteiger partial charge in [-0.25, -0.2) is 4.79 Å². The number of methoxy groups -OCH3 is 2. The molecule has 10 heteroatoms. The molecular weight excluding hydrogens is 472 g/mol. The van der Waals surface area contributed by atoms with Crippen molar-refractivity contribution in [3.05, 3.63) is 64.3 Å². The molecule has 0 aliphatic heterocycles. The first-order valence-corrected chi connectivity index (χ1v) is 10.8. The van der Waals surface area contributed by atoms with Crippen LogP contribution in [0, 0.1) is 0 Å². The number of phenolic OH excluding ortho intramolecular Hbond substituents is 2. The van der Waals surface area contributed by atoms with Gasteiger partial charge in [0.1, 0.15) is 5.58 Å². The topological polar surface area (TPSA) is 142 Å². The number of esters is 1. The van der Waals surface area contributed by atoms with E-state index >= 15 is 0 Å². The predicted molar refractivity (Wildman–Crippen MR) is 128 cm³/mol. The molecule has 2 N–H and O–H groups in total. The first-order valence-electron chi connectivity index (χ1n) is 10.8. The minimum Gasteiger partial charge on any atom is -0.504 e. The van der Waals surface area contributed by atoms with Gasteiger partial charge in [0.2, 0.25) is 22.7 Å². The number of hydrogen-bond donors (Lipinski definition) is 2. The molecule has 4 rings (SSSR count). The molecule has 0 fully saturated rings. The zero-order valence-corrected chi connectivity index (χ0v) is 19.6. The molecule has 0 aliphatic rings. The van der Waals surface area contributed by atoms with Gasteiger partial charge in [0.15, 0.2) is 22.8 Å². The Bertz CT molecular complexity index is 1540. The molecule has 0 saturated heterocycles. The van der Waals surface area contributed by atoms with Gasteiger partial charge in [-0.15, -0.1) is 0 Å². The number of rotatable bonds is 8. The average molecular weight is 494 g/mol. The number of phenols is 2. The molecule has 0 amide bonds. The fourth-order valence-electron chi connectivity index (χ4n) is 3.67. The van der Waals surface area contributed by atoms with Crippen molar-refractivity contribution in [1.82, 2.24) is 0 Å². The lowest BCUT2D eigenvalue weighted by Gasteiger charge is -2.19. The Morgan fingerprint density at radius 3 is 2.39 bits per heavy atom. The maximum Gasteiger partial charge on any atom is 0.355 e. The van der Waals surface area contributed by atoms with Gasteiger partial charge in [-0.05, 0) is 43.3 Å². The van der Waals surface area contributed by atoms with Crippen molar-refractivity contribution >= 4 is 33.7 Å². The van der Waals surface area contributed by atoms with E-state index in [0.717, 1.165) is 0 Å². The number of hydrogen-bond acceptors (Lipinski definition) is 10. The van der Waals surface area contributed by atoms with Gasteiger partial charge >= 0.3 is 5.97 Å². The number of ether oxygens (including phenoxy) is 4. The van der Waals surface area contributed by atoms with Crippen LogP contribution in [0.5, 0.6) is 28.7 Å². The minimum absolute atomic E-state index is 0.000268. The van der Waals surface area contributed by atoms with E-state index in [1.807, 2.05) is 0 Å². The second kappa shape index (κ2) is 9.87. The fourth-order valence-corrected chi connectivity index (χ4v) is 3.67. The van der Waals surface area contributed by atoms with Crippen molar-refractivity contribution in [1.29, 1.82) is 0 Å². The van der Waals surface area contributed by atoms with Crippen molar-refractivity contribution in [3.63, 3.8) is 0 Å². The summed E-state index contributed by atoms with van der Waals surface area (Å²) >= 11 is 0. The smallest absolute Gasteiger partial charge is 0.355 e. The number of carbonyl (C=O) groups is 2. The molecule has 0 aliphatic carbocycles. The highest BCUT2D eigenvalue weighted by atomic mass is 16.6. The number of aromatic hydroxyl groups is 2. The van der Waals surface area contributed by atoms with E-state index in [-0.39, 0.29) is 51.4 Å². The Kier molecular flexibility index (Phi) is 6.69. The second-order valence-corrected chi connectivity index (χ2v) is 7.56. The Hall–Kier alpha value is -4.73. The van der Waals surface area contributed by atoms with Crippen LogP contribution in [0.1, 0.15) is 17.3 Å². The van der Waals surface area contributed by atoms with Gasteiger partial charge in [0, 0.05) is 5.56 Å². The maximum atomic E-state index is 13.4. The van der Waals surface area contributed by atoms with Gasteiger partial charge < -0.3 is 33.6 Å². The first-order chi connectivity index (χ1) is 17.3. The van der Waals surface area contributed by atoms with Crippen molar-refractivity contribution in [2.24, 2.45) is 0 Å². The monoisotopic (exact) mass is 494 g/mol. The van der Waals surface area contributed by atoms with E-state index in [1.165, 1.54) is 38.5 Å². The molecule has 1 heterocycles. The van der Waals surface area contributed by atoms with Gasteiger partial charge in [0.05, 0.1) is 31.6 Å². The van der Waals surface area contributed by atoms with Crippen molar-refractivity contribution in [2.75, 3.05) is 20.8 Å². The van der Waals surface area contributed by atoms with Crippen LogP contribution in [-0.2, 0) is 9.53 Å². The molecular formula is C26H22O10. The standard InChI is InChI=1S/C26H22O10/c1-4-34-26(31)25(20(28)13-9-10-16(27)18(11-13)32-2)36-24-22(30)19(33-3)12-15-21(29)14-7-5-6-8-17(14)35-23(15)24/h5-12,25,27,30H,4H2,1-3H3. The molecule has 1 aromatic heterocycles. The summed E-state index contributed by atoms with van der Waals surface area (Å²) in [5.41, 5.74) is -0.465. The minimum atomic E-state index is -1.91. The third-order valence-corrected chi connectivity index (χ3v) is 5.42. The lowest BCUT2D eigenvalue weighted by Crippen LogP contribution is -2.37. The van der Waals surface area contributed by atoms with Crippen LogP contribution >= 0.6 is 0 Å². The van der Waals surface area contributed by atoms with Crippen molar-refractivity contribution < 1.29 is 43.2 Å². The lowest BCUT2D eigenvalue weighted by atomic mass is 10.0. The normalized spacial score (nSPS) is 11.8. The summed E-state index contributed by atoms with van der Waals surface area (Å²) in [6, 6.07) is 11.4. The molecule has 0 bridgehead atoms. The SMILES string of the molecule is CCOC(=O)C(Oc1c(O)c(OC)cc2c(=O)c3ccccc3oc12)C(=O)c1ccc(O)c(OC)c1. The lowest BCUT2D eigenvalue weighted by molar-refractivity contribution is -0.149. The van der Waals surface area contributed by atoms with Crippen LogP contribution in [0.4, 0.5) is 0 Å². The number of fused-ring (bicyclic) bond motifs is 2. The summed E-state index contributed by atoms with van der Waals surface area (Å²) in [5, 5.41) is 21.0. The molecule has 0 saturated carbocycles. The zero-order valence-electron chi connectivity index (χ0n) is 19.6. The quantitative estimate of drug-likeness (QED) is 0.162. The third kappa shape index (κ3) is 4.24. The second-order valence-electron chi connectivity index (χ2n) is 7.56. The molecule has 4 aromatic rings. The Labute approximate surface area is 204 Å². The predicted octanol–water partition coefficient (Wildman–Crippen LogP) is 3.57. The molecule has 1 atom stereocenters. The fraction of sp³-hybridized carbons (Fsp3) is 0.192. The summed E-state index contributed by atoms with van der Waals surface area (Å²) in [6.45, 7) is 1.49. The van der Waals surface area contributed by atoms with E-state index in [1.54, 1.807) is 31.2 Å². The number of ketones is 1. The van der Waals surface area contributed by atoms with E-state index in [4.69, 9.17) is 23.4 Å². The van der Waals surface area contributed by atoms with Crippen LogP contribution in [0.3, 0.4) is 0 Å². The zero-order chi connectivity index (χ0) is 26.0. The van der Waals surface area contributed by atoms with Crippen LogP contribution in [0.25, 0.3) is 21.9 Å². The first kappa shape index (κ1) is 24.4. The highest BCUT2D eigenvalue weighted by Gasteiger charge is 2.34. The van der Waals surface area contributed by atoms with Crippen molar-refractivity contribution in [3.8, 4) is 28.7 Å². The van der Waals surface area contributed by atoms with E-state index in [0.29, 0.717) is 0 Å². The van der Waals surface area contributed by atoms with Crippen molar-refractivity contribution in [2.45, 2.75) is 13.0 Å². The molecule has 36 heavy (non-hydrogen) atoms. The largest absolute Gasteiger partial charge is 0.504 e. The molecule has 1 unspecified atom stereocenters.